The molecule has 2 rings (SSSR count). The molecule has 0 saturated heterocycles. The summed E-state index contributed by atoms with van der Waals surface area (Å²) in [5.41, 5.74) is -1.91. The average molecular weight is 423 g/mol. The van der Waals surface area contributed by atoms with Crippen molar-refractivity contribution in [3.05, 3.63) is 58.9 Å². The Hall–Kier alpha value is -3.45. The maximum absolute atomic E-state index is 14.4. The molecule has 0 fully saturated rings. The predicted octanol–water partition coefficient (Wildman–Crippen LogP) is 4.26. The van der Waals surface area contributed by atoms with E-state index in [1.807, 2.05) is 0 Å². The van der Waals surface area contributed by atoms with Crippen molar-refractivity contribution in [1.82, 2.24) is 9.80 Å². The van der Waals surface area contributed by atoms with Crippen LogP contribution in [0.15, 0.2) is 36.4 Å². The first-order valence-electron chi connectivity index (χ1n) is 8.78. The Kier molecular flexibility index (Phi) is 6.47. The molecule has 0 aliphatic rings. The van der Waals surface area contributed by atoms with Gasteiger partial charge in [0.2, 0.25) is 0 Å². The van der Waals surface area contributed by atoms with Gasteiger partial charge >= 0.3 is 12.2 Å². The Labute approximate surface area is 170 Å². The normalized spacial score (nSPS) is 13.1. The number of nitrogens with one attached hydrogen (secondary N) is 2. The maximum Gasteiger partial charge on any atom is 0.425 e. The number of benzene rings is 2. The highest BCUT2D eigenvalue weighted by Gasteiger charge is 2.36. The number of carbonyl (C=O) groups is 2. The van der Waals surface area contributed by atoms with Crippen molar-refractivity contribution in [1.29, 1.82) is 5.26 Å². The standard InChI is InChI=1S/C20H18F4N4O2/c1-4-28(3,14-7-8-15(17(21)10-14)18(29)26-2)19(30)27-13-6-5-12(11-25)16(9-13)20(22,23)24/h5-10H,4H2,1-3H3,(H-,26,27,29,30)/p+1. The van der Waals surface area contributed by atoms with Gasteiger partial charge in [-0.05, 0) is 31.2 Å². The SMILES string of the molecule is CC[N+](C)(C(=O)Nc1ccc(C#N)c(C(F)(F)F)c1)c1ccc(C(=O)NC)c(F)c1. The number of carbonyl (C=O) groups excluding carboxylic acids is 2. The van der Waals surface area contributed by atoms with E-state index in [0.717, 1.165) is 12.1 Å². The molecule has 0 saturated carbocycles. The van der Waals surface area contributed by atoms with Crippen LogP contribution >= 0.6 is 0 Å². The molecule has 2 aromatic carbocycles. The summed E-state index contributed by atoms with van der Waals surface area (Å²) in [6.45, 7) is 1.79. The van der Waals surface area contributed by atoms with Crippen LogP contribution in [0.5, 0.6) is 0 Å². The number of alkyl halides is 3. The maximum atomic E-state index is 14.4. The van der Waals surface area contributed by atoms with Gasteiger partial charge in [0.05, 0.1) is 36.4 Å². The second-order valence-corrected chi connectivity index (χ2v) is 6.55. The number of hydrogen-bond donors (Lipinski definition) is 2. The second kappa shape index (κ2) is 8.51. The zero-order valence-corrected chi connectivity index (χ0v) is 16.4. The second-order valence-electron chi connectivity index (χ2n) is 6.55. The van der Waals surface area contributed by atoms with Crippen LogP contribution in [-0.2, 0) is 6.18 Å². The summed E-state index contributed by atoms with van der Waals surface area (Å²) in [5.74, 6) is -1.47. The molecular formula is C20H19F4N4O2+. The smallest absolute Gasteiger partial charge is 0.355 e. The molecule has 30 heavy (non-hydrogen) atoms. The first-order valence-corrected chi connectivity index (χ1v) is 8.78. The van der Waals surface area contributed by atoms with Gasteiger partial charge in [0.15, 0.2) is 0 Å². The van der Waals surface area contributed by atoms with Crippen LogP contribution in [0.2, 0.25) is 0 Å². The lowest BCUT2D eigenvalue weighted by Gasteiger charge is -2.30. The monoisotopic (exact) mass is 423 g/mol. The molecule has 0 aromatic heterocycles. The van der Waals surface area contributed by atoms with E-state index in [-0.39, 0.29) is 23.5 Å². The summed E-state index contributed by atoms with van der Waals surface area (Å²) in [7, 11) is 2.81. The van der Waals surface area contributed by atoms with Gasteiger partial charge in [-0.1, -0.05) is 0 Å². The Bertz CT molecular complexity index is 1030. The van der Waals surface area contributed by atoms with Crippen molar-refractivity contribution in [3.8, 4) is 6.07 Å². The third kappa shape index (κ3) is 4.41. The van der Waals surface area contributed by atoms with E-state index in [1.54, 1.807) is 6.92 Å². The largest absolute Gasteiger partial charge is 0.425 e. The minimum atomic E-state index is -4.77. The van der Waals surface area contributed by atoms with Crippen LogP contribution in [0.25, 0.3) is 0 Å². The molecule has 0 aliphatic carbocycles. The summed E-state index contributed by atoms with van der Waals surface area (Å²) in [6.07, 6.45) is -4.77. The average Bonchev–Trinajstić information content (AvgIpc) is 2.71. The topological polar surface area (TPSA) is 82.0 Å². The molecule has 10 heteroatoms. The van der Waals surface area contributed by atoms with Gasteiger partial charge in [0.1, 0.15) is 11.5 Å². The van der Waals surface area contributed by atoms with E-state index in [2.05, 4.69) is 10.6 Å². The fourth-order valence-electron chi connectivity index (χ4n) is 2.77. The van der Waals surface area contributed by atoms with Crippen LogP contribution < -0.4 is 15.1 Å². The number of urea groups is 1. The number of hydrogen-bond acceptors (Lipinski definition) is 3. The van der Waals surface area contributed by atoms with E-state index >= 15 is 0 Å². The van der Waals surface area contributed by atoms with Gasteiger partial charge in [-0.2, -0.15) is 18.4 Å². The van der Waals surface area contributed by atoms with E-state index in [1.165, 1.54) is 38.4 Å². The highest BCUT2D eigenvalue weighted by molar-refractivity contribution is 5.98. The number of nitrogens with zero attached hydrogens (tertiary/aromatic N) is 2. The van der Waals surface area contributed by atoms with Crippen LogP contribution in [0.3, 0.4) is 0 Å². The van der Waals surface area contributed by atoms with E-state index in [4.69, 9.17) is 5.26 Å². The molecule has 0 radical (unpaired) electrons. The van der Waals surface area contributed by atoms with E-state index in [9.17, 15) is 27.2 Å². The van der Waals surface area contributed by atoms with Crippen LogP contribution in [0, 0.1) is 17.1 Å². The molecule has 2 N–H and O–H groups in total. The van der Waals surface area contributed by atoms with Crippen molar-refractivity contribution >= 4 is 23.3 Å². The Balaban J connectivity index is 2.40. The zero-order valence-electron chi connectivity index (χ0n) is 16.4. The minimum Gasteiger partial charge on any atom is -0.355 e. The number of quaternary nitrogens is 1. The van der Waals surface area contributed by atoms with Gasteiger partial charge in [-0.3, -0.25) is 10.1 Å². The van der Waals surface area contributed by atoms with Crippen molar-refractivity contribution in [2.45, 2.75) is 13.1 Å². The number of anilines is 1. The summed E-state index contributed by atoms with van der Waals surface area (Å²) in [5, 5.41) is 13.6. The third-order valence-electron chi connectivity index (χ3n) is 4.77. The molecule has 0 bridgehead atoms. The lowest BCUT2D eigenvalue weighted by molar-refractivity contribution is -0.137. The lowest BCUT2D eigenvalue weighted by Crippen LogP contribution is -2.53. The Morgan fingerprint density at radius 2 is 1.83 bits per heavy atom. The summed E-state index contributed by atoms with van der Waals surface area (Å²) >= 11 is 0. The molecule has 2 aromatic rings. The molecule has 1 unspecified atom stereocenters. The van der Waals surface area contributed by atoms with Gasteiger partial charge in [0.25, 0.3) is 5.91 Å². The Morgan fingerprint density at radius 1 is 1.17 bits per heavy atom. The van der Waals surface area contributed by atoms with Crippen molar-refractivity contribution in [2.75, 3.05) is 26.0 Å². The summed E-state index contributed by atoms with van der Waals surface area (Å²) in [6, 6.07) is 7.23. The summed E-state index contributed by atoms with van der Waals surface area (Å²) in [4.78, 5) is 24.5. The fraction of sp³-hybridized carbons (Fsp3) is 0.250. The molecule has 1 atom stereocenters. The molecular weight excluding hydrogens is 404 g/mol. The summed E-state index contributed by atoms with van der Waals surface area (Å²) < 4.78 is 53.3. The minimum absolute atomic E-state index is 0.146. The zero-order chi connectivity index (χ0) is 22.7. The van der Waals surface area contributed by atoms with Gasteiger partial charge in [0, 0.05) is 24.9 Å². The Morgan fingerprint density at radius 3 is 2.33 bits per heavy atom. The molecule has 0 spiro atoms. The van der Waals surface area contributed by atoms with Gasteiger partial charge in [-0.15, -0.1) is 0 Å². The lowest BCUT2D eigenvalue weighted by atomic mass is 10.1. The highest BCUT2D eigenvalue weighted by atomic mass is 19.4. The quantitative estimate of drug-likeness (QED) is 0.569. The number of amides is 3. The number of rotatable bonds is 4. The van der Waals surface area contributed by atoms with Gasteiger partial charge in [-0.25, -0.2) is 13.7 Å². The predicted molar refractivity (Wildman–Crippen MR) is 103 cm³/mol. The molecule has 0 heterocycles. The van der Waals surface area contributed by atoms with Crippen molar-refractivity contribution in [3.63, 3.8) is 0 Å². The van der Waals surface area contributed by atoms with Gasteiger partial charge < -0.3 is 5.32 Å². The molecule has 158 valence electrons. The first-order chi connectivity index (χ1) is 14.0. The molecule has 0 aliphatic heterocycles. The molecule has 3 amide bonds. The van der Waals surface area contributed by atoms with Crippen molar-refractivity contribution < 1.29 is 27.2 Å². The van der Waals surface area contributed by atoms with Crippen LogP contribution in [0.4, 0.5) is 33.7 Å². The fourth-order valence-corrected chi connectivity index (χ4v) is 2.77. The number of halogens is 4. The third-order valence-corrected chi connectivity index (χ3v) is 4.77. The molecule has 6 nitrogen and oxygen atoms in total. The van der Waals surface area contributed by atoms with E-state index < -0.39 is 39.5 Å². The van der Waals surface area contributed by atoms with Crippen LogP contribution in [0.1, 0.15) is 28.4 Å². The van der Waals surface area contributed by atoms with Crippen molar-refractivity contribution in [2.24, 2.45) is 0 Å². The first kappa shape index (κ1) is 22.8. The van der Waals surface area contributed by atoms with Crippen LogP contribution in [-0.4, -0.2) is 32.6 Å². The van der Waals surface area contributed by atoms with E-state index in [0.29, 0.717) is 6.07 Å². The number of nitriles is 1. The highest BCUT2D eigenvalue weighted by Crippen LogP contribution is 2.34.